The highest BCUT2D eigenvalue weighted by atomic mass is 19.1. The van der Waals surface area contributed by atoms with Crippen LogP contribution in [0.25, 0.3) is 0 Å². The second-order valence-electron chi connectivity index (χ2n) is 5.03. The van der Waals surface area contributed by atoms with Crippen molar-refractivity contribution in [3.05, 3.63) is 24.0 Å². The average Bonchev–Trinajstić information content (AvgIpc) is 2.29. The van der Waals surface area contributed by atoms with Gasteiger partial charge < -0.3 is 14.8 Å². The van der Waals surface area contributed by atoms with Gasteiger partial charge in [0.25, 0.3) is 0 Å². The Labute approximate surface area is 112 Å². The molecule has 0 bridgehead atoms. The zero-order chi connectivity index (χ0) is 14.5. The molecule has 0 fully saturated rings. The number of anilines is 1. The second-order valence-corrected chi connectivity index (χ2v) is 5.03. The van der Waals surface area contributed by atoms with Gasteiger partial charge in [0.1, 0.15) is 6.61 Å². The molecule has 0 heterocycles. The summed E-state index contributed by atoms with van der Waals surface area (Å²) in [6.45, 7) is 7.67. The van der Waals surface area contributed by atoms with Crippen molar-refractivity contribution in [2.45, 2.75) is 33.3 Å². The summed E-state index contributed by atoms with van der Waals surface area (Å²) in [5.74, 6) is -0.652. The van der Waals surface area contributed by atoms with Crippen LogP contribution in [0.15, 0.2) is 18.2 Å². The summed E-state index contributed by atoms with van der Waals surface area (Å²) in [5.41, 5.74) is -0.00928. The van der Waals surface area contributed by atoms with E-state index < -0.39 is 5.82 Å². The lowest BCUT2D eigenvalue weighted by Crippen LogP contribution is -2.27. The number of rotatable bonds is 5. The normalized spacial score (nSPS) is 11.2. The van der Waals surface area contributed by atoms with Crippen molar-refractivity contribution in [2.75, 3.05) is 18.5 Å². The fourth-order valence-corrected chi connectivity index (χ4v) is 1.33. The highest BCUT2D eigenvalue weighted by Crippen LogP contribution is 2.21. The maximum atomic E-state index is 13.6. The summed E-state index contributed by atoms with van der Waals surface area (Å²) in [6, 6.07) is 4.29. The Hall–Kier alpha value is -1.62. The molecule has 0 unspecified atom stereocenters. The topological polar surface area (TPSA) is 47.6 Å². The van der Waals surface area contributed by atoms with E-state index >= 15 is 0 Å². The number of hydrogen-bond donors (Lipinski definition) is 1. The average molecular weight is 269 g/mol. The summed E-state index contributed by atoms with van der Waals surface area (Å²) >= 11 is 0. The number of benzene rings is 1. The Bertz CT molecular complexity index is 441. The molecule has 0 atom stereocenters. The predicted molar refractivity (Wildman–Crippen MR) is 71.9 cm³/mol. The van der Waals surface area contributed by atoms with Crippen molar-refractivity contribution in [3.8, 4) is 5.75 Å². The van der Waals surface area contributed by atoms with Crippen molar-refractivity contribution in [2.24, 2.45) is 0 Å². The van der Waals surface area contributed by atoms with Crippen molar-refractivity contribution >= 4 is 11.6 Å². The van der Waals surface area contributed by atoms with E-state index in [2.05, 4.69) is 5.32 Å². The molecule has 0 aromatic heterocycles. The number of halogens is 1. The minimum Gasteiger partial charge on any atom is -0.491 e. The van der Waals surface area contributed by atoms with Crippen LogP contribution < -0.4 is 10.1 Å². The Morgan fingerprint density at radius 1 is 1.37 bits per heavy atom. The van der Waals surface area contributed by atoms with Gasteiger partial charge in [0, 0.05) is 11.8 Å². The minimum atomic E-state index is -0.503. The number of ether oxygens (including phenoxy) is 2. The first kappa shape index (κ1) is 15.4. The van der Waals surface area contributed by atoms with Crippen LogP contribution in [-0.2, 0) is 9.53 Å². The lowest BCUT2D eigenvalue weighted by molar-refractivity contribution is -0.125. The molecule has 0 saturated heterocycles. The van der Waals surface area contributed by atoms with E-state index in [0.29, 0.717) is 12.3 Å². The zero-order valence-electron chi connectivity index (χ0n) is 11.7. The van der Waals surface area contributed by atoms with Crippen molar-refractivity contribution < 1.29 is 18.7 Å². The summed E-state index contributed by atoms with van der Waals surface area (Å²) < 4.78 is 24.0. The third-order valence-corrected chi connectivity index (χ3v) is 2.15. The first-order valence-corrected chi connectivity index (χ1v) is 6.18. The van der Waals surface area contributed by atoms with Gasteiger partial charge in [0.2, 0.25) is 5.91 Å². The summed E-state index contributed by atoms with van der Waals surface area (Å²) in [6.07, 6.45) is 0. The van der Waals surface area contributed by atoms with Crippen LogP contribution in [-0.4, -0.2) is 24.7 Å². The second kappa shape index (κ2) is 6.52. The minimum absolute atomic E-state index is 0.0711. The van der Waals surface area contributed by atoms with E-state index in [4.69, 9.17) is 9.47 Å². The standard InChI is InChI=1S/C14H20FNO3/c1-5-18-12-7-6-10(8-11(12)15)16-13(17)9-19-14(2,3)4/h6-8H,5,9H2,1-4H3,(H,16,17). The number of nitrogens with one attached hydrogen (secondary N) is 1. The molecular formula is C14H20FNO3. The fraction of sp³-hybridized carbons (Fsp3) is 0.500. The van der Waals surface area contributed by atoms with Crippen LogP contribution in [0, 0.1) is 5.82 Å². The fourth-order valence-electron chi connectivity index (χ4n) is 1.33. The lowest BCUT2D eigenvalue weighted by atomic mass is 10.2. The molecule has 106 valence electrons. The molecule has 0 aliphatic rings. The Kier molecular flexibility index (Phi) is 5.30. The van der Waals surface area contributed by atoms with Gasteiger partial charge in [-0.1, -0.05) is 0 Å². The molecule has 5 heteroatoms. The molecule has 0 radical (unpaired) electrons. The van der Waals surface area contributed by atoms with Crippen LogP contribution in [0.4, 0.5) is 10.1 Å². The van der Waals surface area contributed by atoms with Gasteiger partial charge in [-0.25, -0.2) is 4.39 Å². The summed E-state index contributed by atoms with van der Waals surface area (Å²) in [5, 5.41) is 2.57. The smallest absolute Gasteiger partial charge is 0.250 e. The number of carbonyl (C=O) groups excluding carboxylic acids is 1. The molecule has 1 amide bonds. The third-order valence-electron chi connectivity index (χ3n) is 2.15. The molecule has 1 N–H and O–H groups in total. The highest BCUT2D eigenvalue weighted by Gasteiger charge is 2.13. The van der Waals surface area contributed by atoms with E-state index in [1.165, 1.54) is 12.1 Å². The number of carbonyl (C=O) groups is 1. The van der Waals surface area contributed by atoms with Crippen LogP contribution in [0.3, 0.4) is 0 Å². The van der Waals surface area contributed by atoms with E-state index in [9.17, 15) is 9.18 Å². The largest absolute Gasteiger partial charge is 0.491 e. The van der Waals surface area contributed by atoms with Crippen molar-refractivity contribution in [1.82, 2.24) is 0 Å². The van der Waals surface area contributed by atoms with Gasteiger partial charge in [-0.2, -0.15) is 0 Å². The molecular weight excluding hydrogens is 249 g/mol. The molecule has 0 spiro atoms. The van der Waals surface area contributed by atoms with Crippen molar-refractivity contribution in [1.29, 1.82) is 0 Å². The van der Waals surface area contributed by atoms with Crippen LogP contribution in [0.2, 0.25) is 0 Å². The molecule has 19 heavy (non-hydrogen) atoms. The van der Waals surface area contributed by atoms with E-state index in [-0.39, 0.29) is 23.9 Å². The Morgan fingerprint density at radius 3 is 2.58 bits per heavy atom. The molecule has 0 aliphatic heterocycles. The molecule has 4 nitrogen and oxygen atoms in total. The van der Waals surface area contributed by atoms with Gasteiger partial charge in [-0.05, 0) is 39.8 Å². The zero-order valence-corrected chi connectivity index (χ0v) is 11.7. The van der Waals surface area contributed by atoms with Gasteiger partial charge in [0.15, 0.2) is 11.6 Å². The molecule has 0 saturated carbocycles. The van der Waals surface area contributed by atoms with Gasteiger partial charge in [0.05, 0.1) is 12.2 Å². The monoisotopic (exact) mass is 269 g/mol. The number of amides is 1. The van der Waals surface area contributed by atoms with Crippen LogP contribution in [0.5, 0.6) is 5.75 Å². The Morgan fingerprint density at radius 2 is 2.05 bits per heavy atom. The van der Waals surface area contributed by atoms with Crippen molar-refractivity contribution in [3.63, 3.8) is 0 Å². The molecule has 1 aromatic carbocycles. The first-order chi connectivity index (χ1) is 8.81. The number of hydrogen-bond acceptors (Lipinski definition) is 3. The van der Waals surface area contributed by atoms with E-state index in [1.54, 1.807) is 13.0 Å². The predicted octanol–water partition coefficient (Wildman–Crippen LogP) is 2.98. The van der Waals surface area contributed by atoms with Gasteiger partial charge in [-0.3, -0.25) is 4.79 Å². The molecule has 1 rings (SSSR count). The summed E-state index contributed by atoms with van der Waals surface area (Å²) in [4.78, 5) is 11.6. The van der Waals surface area contributed by atoms with Gasteiger partial charge in [-0.15, -0.1) is 0 Å². The third kappa shape index (κ3) is 5.70. The molecule has 0 aliphatic carbocycles. The molecule has 1 aromatic rings. The first-order valence-electron chi connectivity index (χ1n) is 6.18. The maximum absolute atomic E-state index is 13.6. The quantitative estimate of drug-likeness (QED) is 0.894. The SMILES string of the molecule is CCOc1ccc(NC(=O)COC(C)(C)C)cc1F. The lowest BCUT2D eigenvalue weighted by Gasteiger charge is -2.19. The van der Waals surface area contributed by atoms with E-state index in [1.807, 2.05) is 20.8 Å². The van der Waals surface area contributed by atoms with Crippen LogP contribution >= 0.6 is 0 Å². The maximum Gasteiger partial charge on any atom is 0.250 e. The highest BCUT2D eigenvalue weighted by molar-refractivity contribution is 5.91. The Balaban J connectivity index is 2.58. The van der Waals surface area contributed by atoms with Gasteiger partial charge >= 0.3 is 0 Å². The van der Waals surface area contributed by atoms with Crippen LogP contribution in [0.1, 0.15) is 27.7 Å². The summed E-state index contributed by atoms with van der Waals surface area (Å²) in [7, 11) is 0. The van der Waals surface area contributed by atoms with E-state index in [0.717, 1.165) is 0 Å².